The van der Waals surface area contributed by atoms with Gasteiger partial charge < -0.3 is 4.90 Å². The molecule has 1 aliphatic rings. The molecule has 0 N–H and O–H groups in total. The van der Waals surface area contributed by atoms with Crippen LogP contribution in [0.4, 0.5) is 5.13 Å². The van der Waals surface area contributed by atoms with E-state index in [1.807, 2.05) is 19.1 Å². The van der Waals surface area contributed by atoms with Crippen LogP contribution in [0.5, 0.6) is 0 Å². The van der Waals surface area contributed by atoms with Gasteiger partial charge in [0.1, 0.15) is 5.01 Å². The molecule has 4 rings (SSSR count). The summed E-state index contributed by atoms with van der Waals surface area (Å²) in [5.41, 5.74) is 1.72. The van der Waals surface area contributed by atoms with Crippen LogP contribution < -0.4 is 10.5 Å². The second-order valence-electron chi connectivity index (χ2n) is 6.51. The molecule has 3 aromatic rings. The van der Waals surface area contributed by atoms with Gasteiger partial charge in [0.15, 0.2) is 0 Å². The monoisotopic (exact) mass is 368 g/mol. The van der Waals surface area contributed by atoms with Gasteiger partial charge in [0.05, 0.1) is 5.69 Å². The van der Waals surface area contributed by atoms with Crippen LogP contribution in [-0.4, -0.2) is 38.1 Å². The van der Waals surface area contributed by atoms with Crippen molar-refractivity contribution in [3.8, 4) is 11.3 Å². The second-order valence-corrected chi connectivity index (χ2v) is 7.67. The Hall–Kier alpha value is -2.61. The smallest absolute Gasteiger partial charge is 0.266 e. The predicted octanol–water partition coefficient (Wildman–Crippen LogP) is 2.38. The lowest BCUT2D eigenvalue weighted by atomic mass is 9.97. The van der Waals surface area contributed by atoms with E-state index in [-0.39, 0.29) is 5.56 Å². The zero-order valence-corrected chi connectivity index (χ0v) is 15.4. The third kappa shape index (κ3) is 3.65. The Morgan fingerprint density at radius 2 is 1.88 bits per heavy atom. The van der Waals surface area contributed by atoms with Crippen LogP contribution >= 0.6 is 11.3 Å². The summed E-state index contributed by atoms with van der Waals surface area (Å²) in [5, 5.41) is 14.9. The third-order valence-electron chi connectivity index (χ3n) is 4.67. The molecule has 1 aliphatic heterocycles. The molecule has 0 amide bonds. The van der Waals surface area contributed by atoms with Crippen molar-refractivity contribution in [2.45, 2.75) is 26.3 Å². The molecule has 26 heavy (non-hydrogen) atoms. The first-order valence-corrected chi connectivity index (χ1v) is 9.54. The highest BCUT2D eigenvalue weighted by Gasteiger charge is 2.22. The zero-order valence-electron chi connectivity index (χ0n) is 14.6. The molecule has 0 radical (unpaired) electrons. The molecule has 0 bridgehead atoms. The molecular weight excluding hydrogens is 348 g/mol. The molecule has 0 spiro atoms. The minimum Gasteiger partial charge on any atom is -0.347 e. The van der Waals surface area contributed by atoms with Crippen LogP contribution in [0.1, 0.15) is 17.8 Å². The van der Waals surface area contributed by atoms with Crippen LogP contribution in [0.3, 0.4) is 0 Å². The molecule has 8 heteroatoms. The summed E-state index contributed by atoms with van der Waals surface area (Å²) in [6.45, 7) is 4.51. The number of hydrogen-bond donors (Lipinski definition) is 0. The van der Waals surface area contributed by atoms with Crippen molar-refractivity contribution in [3.63, 3.8) is 0 Å². The Morgan fingerprint density at radius 3 is 2.58 bits per heavy atom. The summed E-state index contributed by atoms with van der Waals surface area (Å²) in [6.07, 6.45) is 5.51. The maximum atomic E-state index is 12.2. The van der Waals surface area contributed by atoms with E-state index in [0.29, 0.717) is 12.5 Å². The minimum atomic E-state index is -0.0509. The van der Waals surface area contributed by atoms with Crippen LogP contribution in [-0.2, 0) is 6.54 Å². The van der Waals surface area contributed by atoms with E-state index < -0.39 is 0 Å². The molecule has 0 atom stereocenters. The molecule has 0 aliphatic carbocycles. The Morgan fingerprint density at radius 1 is 1.12 bits per heavy atom. The largest absolute Gasteiger partial charge is 0.347 e. The van der Waals surface area contributed by atoms with Gasteiger partial charge in [-0.05, 0) is 43.9 Å². The first-order chi connectivity index (χ1) is 12.7. The van der Waals surface area contributed by atoms with Gasteiger partial charge in [-0.3, -0.25) is 9.78 Å². The van der Waals surface area contributed by atoms with E-state index in [2.05, 4.69) is 25.2 Å². The SMILES string of the molecule is Cc1nnc(N2CCC(Cn3nc(-c4ccncc4)ccc3=O)CC2)s1. The molecule has 4 heterocycles. The molecule has 3 aromatic heterocycles. The average Bonchev–Trinajstić information content (AvgIpc) is 3.11. The Balaban J connectivity index is 1.44. The highest BCUT2D eigenvalue weighted by molar-refractivity contribution is 7.15. The quantitative estimate of drug-likeness (QED) is 0.704. The average molecular weight is 368 g/mol. The third-order valence-corrected chi connectivity index (χ3v) is 5.57. The van der Waals surface area contributed by atoms with Gasteiger partial charge in [0.25, 0.3) is 5.56 Å². The van der Waals surface area contributed by atoms with E-state index in [1.165, 1.54) is 0 Å². The number of nitrogens with zero attached hydrogens (tertiary/aromatic N) is 6. The molecule has 0 aromatic carbocycles. The Kier molecular flexibility index (Phi) is 4.75. The standard InChI is InChI=1S/C18H20N6OS/c1-13-20-21-18(26-13)23-10-6-14(7-11-23)12-24-17(25)3-2-16(22-24)15-4-8-19-9-5-15/h2-5,8-9,14H,6-7,10-12H2,1H3. The summed E-state index contributed by atoms with van der Waals surface area (Å²) >= 11 is 1.63. The fourth-order valence-corrected chi connectivity index (χ4v) is 3.96. The van der Waals surface area contributed by atoms with Crippen LogP contribution in [0, 0.1) is 12.8 Å². The van der Waals surface area contributed by atoms with Gasteiger partial charge >= 0.3 is 0 Å². The molecule has 134 valence electrons. The number of aromatic nitrogens is 5. The predicted molar refractivity (Wildman–Crippen MR) is 101 cm³/mol. The van der Waals surface area contributed by atoms with Gasteiger partial charge in [-0.1, -0.05) is 11.3 Å². The number of anilines is 1. The molecule has 1 fully saturated rings. The van der Waals surface area contributed by atoms with Crippen molar-refractivity contribution in [2.24, 2.45) is 5.92 Å². The van der Waals surface area contributed by atoms with Crippen molar-refractivity contribution in [1.82, 2.24) is 25.0 Å². The maximum absolute atomic E-state index is 12.2. The molecule has 0 unspecified atom stereocenters. The molecule has 1 saturated heterocycles. The zero-order chi connectivity index (χ0) is 17.9. The fourth-order valence-electron chi connectivity index (χ4n) is 3.22. The summed E-state index contributed by atoms with van der Waals surface area (Å²) in [4.78, 5) is 18.5. The molecule has 7 nitrogen and oxygen atoms in total. The van der Waals surface area contributed by atoms with Crippen molar-refractivity contribution in [1.29, 1.82) is 0 Å². The number of hydrogen-bond acceptors (Lipinski definition) is 7. The van der Waals surface area contributed by atoms with Crippen molar-refractivity contribution in [3.05, 3.63) is 52.0 Å². The van der Waals surface area contributed by atoms with Crippen molar-refractivity contribution < 1.29 is 0 Å². The van der Waals surface area contributed by atoms with Gasteiger partial charge in [0.2, 0.25) is 5.13 Å². The summed E-state index contributed by atoms with van der Waals surface area (Å²) < 4.78 is 1.60. The summed E-state index contributed by atoms with van der Waals surface area (Å²) in [7, 11) is 0. The van der Waals surface area contributed by atoms with Gasteiger partial charge in [0, 0.05) is 43.7 Å². The topological polar surface area (TPSA) is 76.8 Å². The normalized spacial score (nSPS) is 15.3. The van der Waals surface area contributed by atoms with E-state index >= 15 is 0 Å². The van der Waals surface area contributed by atoms with Gasteiger partial charge in [-0.15, -0.1) is 10.2 Å². The number of rotatable bonds is 4. The number of piperidine rings is 1. The summed E-state index contributed by atoms with van der Waals surface area (Å²) in [6, 6.07) is 7.18. The lowest BCUT2D eigenvalue weighted by Gasteiger charge is -2.31. The van der Waals surface area contributed by atoms with Crippen LogP contribution in [0.25, 0.3) is 11.3 Å². The minimum absolute atomic E-state index is 0.0509. The highest BCUT2D eigenvalue weighted by atomic mass is 32.1. The Labute approximate surface area is 155 Å². The summed E-state index contributed by atoms with van der Waals surface area (Å²) in [5.74, 6) is 0.443. The van der Waals surface area contributed by atoms with Gasteiger partial charge in [-0.2, -0.15) is 5.10 Å². The highest BCUT2D eigenvalue weighted by Crippen LogP contribution is 2.26. The molecule has 0 saturated carbocycles. The lowest BCUT2D eigenvalue weighted by molar-refractivity contribution is 0.335. The second kappa shape index (κ2) is 7.33. The van der Waals surface area contributed by atoms with Crippen LogP contribution in [0.2, 0.25) is 0 Å². The van der Waals surface area contributed by atoms with E-state index in [4.69, 9.17) is 0 Å². The Bertz CT molecular complexity index is 930. The van der Waals surface area contributed by atoms with E-state index in [9.17, 15) is 4.79 Å². The van der Waals surface area contributed by atoms with Crippen LogP contribution in [0.15, 0.2) is 41.5 Å². The van der Waals surface area contributed by atoms with E-state index in [1.54, 1.807) is 40.5 Å². The van der Waals surface area contributed by atoms with Crippen molar-refractivity contribution in [2.75, 3.05) is 18.0 Å². The number of pyridine rings is 1. The van der Waals surface area contributed by atoms with E-state index in [0.717, 1.165) is 47.3 Å². The maximum Gasteiger partial charge on any atom is 0.266 e. The first kappa shape index (κ1) is 16.8. The lowest BCUT2D eigenvalue weighted by Crippen LogP contribution is -2.36. The molecular formula is C18H20N6OS. The van der Waals surface area contributed by atoms with Gasteiger partial charge in [-0.25, -0.2) is 4.68 Å². The fraction of sp³-hybridized carbons (Fsp3) is 0.389. The number of aryl methyl sites for hydroxylation is 1. The van der Waals surface area contributed by atoms with Crippen molar-refractivity contribution >= 4 is 16.5 Å². The first-order valence-electron chi connectivity index (χ1n) is 8.72.